The number of benzene rings is 1. The van der Waals surface area contributed by atoms with Gasteiger partial charge in [-0.25, -0.2) is 4.39 Å². The third-order valence-electron chi connectivity index (χ3n) is 4.44. The van der Waals surface area contributed by atoms with Crippen molar-refractivity contribution in [1.29, 1.82) is 0 Å². The summed E-state index contributed by atoms with van der Waals surface area (Å²) >= 11 is 0. The summed E-state index contributed by atoms with van der Waals surface area (Å²) in [6.45, 7) is 2.84. The van der Waals surface area contributed by atoms with E-state index in [9.17, 15) is 14.0 Å². The smallest absolute Gasteiger partial charge is 0.251 e. The van der Waals surface area contributed by atoms with Crippen molar-refractivity contribution in [3.05, 3.63) is 35.1 Å². The maximum absolute atomic E-state index is 13.4. The average molecular weight is 358 g/mol. The van der Waals surface area contributed by atoms with Gasteiger partial charge in [0.25, 0.3) is 5.91 Å². The molecule has 0 spiro atoms. The molecular formula is C17H25ClFN3O2. The minimum Gasteiger partial charge on any atom is -0.354 e. The highest BCUT2D eigenvalue weighted by molar-refractivity contribution is 5.94. The van der Waals surface area contributed by atoms with E-state index < -0.39 is 5.82 Å². The van der Waals surface area contributed by atoms with Crippen LogP contribution in [0.2, 0.25) is 0 Å². The molecule has 24 heavy (non-hydrogen) atoms. The van der Waals surface area contributed by atoms with Gasteiger partial charge in [0, 0.05) is 24.6 Å². The maximum atomic E-state index is 13.4. The van der Waals surface area contributed by atoms with Crippen LogP contribution in [-0.4, -0.2) is 31.4 Å². The fourth-order valence-electron chi connectivity index (χ4n) is 2.99. The monoisotopic (exact) mass is 357 g/mol. The van der Waals surface area contributed by atoms with E-state index in [1.807, 2.05) is 0 Å². The predicted molar refractivity (Wildman–Crippen MR) is 93.6 cm³/mol. The molecule has 0 heterocycles. The van der Waals surface area contributed by atoms with Crippen LogP contribution in [0, 0.1) is 24.6 Å². The summed E-state index contributed by atoms with van der Waals surface area (Å²) in [5, 5.41) is 5.50. The first-order chi connectivity index (χ1) is 11.0. The standard InChI is InChI=1S/C17H24FN3O2.ClH/c1-11-5-6-12(9-15(11)18)16(22)20-7-8-21-17(23)14-4-2-3-13(14)10-19;/h5-6,9,13-14H,2-4,7-8,10,19H2,1H3,(H,20,22)(H,21,23);1H/t13-,14-;/m1./s1. The van der Waals surface area contributed by atoms with Gasteiger partial charge in [-0.3, -0.25) is 9.59 Å². The highest BCUT2D eigenvalue weighted by Crippen LogP contribution is 2.30. The molecule has 2 rings (SSSR count). The molecule has 1 aliphatic rings. The number of aryl methyl sites for hydroxylation is 1. The number of nitrogens with one attached hydrogen (secondary N) is 2. The lowest BCUT2D eigenvalue weighted by Crippen LogP contribution is -2.39. The minimum absolute atomic E-state index is 0. The number of carbonyl (C=O) groups is 2. The second-order valence-corrected chi connectivity index (χ2v) is 6.04. The first kappa shape index (κ1) is 20.4. The summed E-state index contributed by atoms with van der Waals surface area (Å²) in [4.78, 5) is 24.0. The molecule has 1 aliphatic carbocycles. The number of halogens is 2. The van der Waals surface area contributed by atoms with E-state index >= 15 is 0 Å². The van der Waals surface area contributed by atoms with Crippen molar-refractivity contribution in [1.82, 2.24) is 10.6 Å². The van der Waals surface area contributed by atoms with Gasteiger partial charge in [0.1, 0.15) is 5.82 Å². The van der Waals surface area contributed by atoms with Crippen molar-refractivity contribution in [3.63, 3.8) is 0 Å². The van der Waals surface area contributed by atoms with Crippen molar-refractivity contribution in [2.75, 3.05) is 19.6 Å². The third kappa shape index (κ3) is 5.18. The van der Waals surface area contributed by atoms with Crippen molar-refractivity contribution in [2.24, 2.45) is 17.6 Å². The highest BCUT2D eigenvalue weighted by atomic mass is 35.5. The van der Waals surface area contributed by atoms with Crippen molar-refractivity contribution >= 4 is 24.2 Å². The van der Waals surface area contributed by atoms with Gasteiger partial charge in [0.2, 0.25) is 5.91 Å². The van der Waals surface area contributed by atoms with Gasteiger partial charge in [-0.15, -0.1) is 12.4 Å². The lowest BCUT2D eigenvalue weighted by atomic mass is 9.95. The van der Waals surface area contributed by atoms with Gasteiger partial charge in [0.15, 0.2) is 0 Å². The molecule has 0 radical (unpaired) electrons. The number of carbonyl (C=O) groups excluding carboxylic acids is 2. The van der Waals surface area contributed by atoms with Crippen LogP contribution in [0.5, 0.6) is 0 Å². The zero-order valence-electron chi connectivity index (χ0n) is 13.8. The van der Waals surface area contributed by atoms with Gasteiger partial charge in [-0.1, -0.05) is 12.5 Å². The Kier molecular flexibility index (Phi) is 8.15. The normalized spacial score (nSPS) is 19.5. The zero-order chi connectivity index (χ0) is 16.8. The molecule has 4 N–H and O–H groups in total. The van der Waals surface area contributed by atoms with Gasteiger partial charge in [-0.05, 0) is 49.9 Å². The number of hydrogen-bond acceptors (Lipinski definition) is 3. The van der Waals surface area contributed by atoms with Crippen molar-refractivity contribution in [2.45, 2.75) is 26.2 Å². The number of nitrogens with two attached hydrogens (primary N) is 1. The topological polar surface area (TPSA) is 84.2 Å². The van der Waals surface area contributed by atoms with Crippen LogP contribution in [0.3, 0.4) is 0 Å². The molecule has 5 nitrogen and oxygen atoms in total. The van der Waals surface area contributed by atoms with E-state index in [0.29, 0.717) is 25.2 Å². The summed E-state index contributed by atoms with van der Waals surface area (Å²) in [6, 6.07) is 4.36. The van der Waals surface area contributed by atoms with E-state index in [1.54, 1.807) is 19.1 Å². The number of amides is 2. The molecular weight excluding hydrogens is 333 g/mol. The summed E-state index contributed by atoms with van der Waals surface area (Å²) in [6.07, 6.45) is 2.92. The highest BCUT2D eigenvalue weighted by Gasteiger charge is 2.31. The van der Waals surface area contributed by atoms with Gasteiger partial charge < -0.3 is 16.4 Å². The van der Waals surface area contributed by atoms with E-state index in [1.165, 1.54) is 6.07 Å². The lowest BCUT2D eigenvalue weighted by molar-refractivity contribution is -0.125. The van der Waals surface area contributed by atoms with E-state index in [2.05, 4.69) is 10.6 Å². The largest absolute Gasteiger partial charge is 0.354 e. The summed E-state index contributed by atoms with van der Waals surface area (Å²) in [5.41, 5.74) is 6.45. The predicted octanol–water partition coefficient (Wildman–Crippen LogP) is 1.78. The van der Waals surface area contributed by atoms with Crippen LogP contribution >= 0.6 is 12.4 Å². The minimum atomic E-state index is -0.403. The Labute approximate surface area is 148 Å². The molecule has 1 aromatic rings. The average Bonchev–Trinajstić information content (AvgIpc) is 3.02. The van der Waals surface area contributed by atoms with Gasteiger partial charge in [0.05, 0.1) is 0 Å². The second-order valence-electron chi connectivity index (χ2n) is 6.04. The fraction of sp³-hybridized carbons (Fsp3) is 0.529. The molecule has 2 amide bonds. The molecule has 7 heteroatoms. The molecule has 1 fully saturated rings. The molecule has 0 saturated heterocycles. The van der Waals surface area contributed by atoms with E-state index in [0.717, 1.165) is 19.3 Å². The summed E-state index contributed by atoms with van der Waals surface area (Å²) in [7, 11) is 0. The Morgan fingerprint density at radius 1 is 1.25 bits per heavy atom. The lowest BCUT2D eigenvalue weighted by Gasteiger charge is -2.17. The quantitative estimate of drug-likeness (QED) is 0.678. The zero-order valence-corrected chi connectivity index (χ0v) is 14.6. The molecule has 1 aromatic carbocycles. The van der Waals surface area contributed by atoms with Crippen molar-refractivity contribution < 1.29 is 14.0 Å². The first-order valence-corrected chi connectivity index (χ1v) is 8.05. The van der Waals surface area contributed by atoms with Gasteiger partial charge >= 0.3 is 0 Å². The Morgan fingerprint density at radius 3 is 2.62 bits per heavy atom. The maximum Gasteiger partial charge on any atom is 0.251 e. The molecule has 0 aliphatic heterocycles. The number of rotatable bonds is 6. The molecule has 0 bridgehead atoms. The molecule has 134 valence electrons. The Morgan fingerprint density at radius 2 is 1.96 bits per heavy atom. The molecule has 0 unspecified atom stereocenters. The SMILES string of the molecule is Cc1ccc(C(=O)NCCNC(=O)[C@@H]2CCC[C@@H]2CN)cc1F.Cl. The molecule has 1 saturated carbocycles. The molecule has 0 aromatic heterocycles. The first-order valence-electron chi connectivity index (χ1n) is 8.05. The fourth-order valence-corrected chi connectivity index (χ4v) is 2.99. The Hall–Kier alpha value is -1.66. The van der Waals surface area contributed by atoms with Crippen LogP contribution in [0.4, 0.5) is 4.39 Å². The Balaban J connectivity index is 0.00000288. The van der Waals surface area contributed by atoms with Gasteiger partial charge in [-0.2, -0.15) is 0 Å². The van der Waals surface area contributed by atoms with E-state index in [4.69, 9.17) is 5.73 Å². The van der Waals surface area contributed by atoms with Crippen LogP contribution in [0.1, 0.15) is 35.2 Å². The van der Waals surface area contributed by atoms with Crippen molar-refractivity contribution in [3.8, 4) is 0 Å². The van der Waals surface area contributed by atoms with Crippen LogP contribution in [0.25, 0.3) is 0 Å². The third-order valence-corrected chi connectivity index (χ3v) is 4.44. The van der Waals surface area contributed by atoms with Crippen LogP contribution in [-0.2, 0) is 4.79 Å². The molecule has 2 atom stereocenters. The summed E-state index contributed by atoms with van der Waals surface area (Å²) in [5.74, 6) is -0.491. The second kappa shape index (κ2) is 9.59. The van der Waals surface area contributed by atoms with E-state index in [-0.39, 0.29) is 41.6 Å². The van der Waals surface area contributed by atoms with Crippen LogP contribution < -0.4 is 16.4 Å². The summed E-state index contributed by atoms with van der Waals surface area (Å²) < 4.78 is 13.4. The number of hydrogen-bond donors (Lipinski definition) is 3. The van der Waals surface area contributed by atoms with Crippen LogP contribution in [0.15, 0.2) is 18.2 Å². The Bertz CT molecular complexity index is 583.